The quantitative estimate of drug-likeness (QED) is 0.620. The molecule has 0 amide bonds. The number of H-pyrrole nitrogens is 1. The third kappa shape index (κ3) is 2.14. The minimum absolute atomic E-state index is 0.0559. The van der Waals surface area contributed by atoms with Crippen molar-refractivity contribution >= 4 is 17.1 Å². The molecular weight excluding hydrogens is 290 g/mol. The fourth-order valence-electron chi connectivity index (χ4n) is 2.82. The first-order valence-corrected chi connectivity index (χ1v) is 6.90. The van der Waals surface area contributed by atoms with Crippen LogP contribution in [0.1, 0.15) is 12.5 Å². The normalized spacial score (nSPS) is 21.5. The van der Waals surface area contributed by atoms with Crippen LogP contribution in [0.4, 0.5) is 5.95 Å². The first-order valence-electron chi connectivity index (χ1n) is 6.90. The Morgan fingerprint density at radius 3 is 2.95 bits per heavy atom. The van der Waals surface area contributed by atoms with Crippen LogP contribution in [0.2, 0.25) is 0 Å². The molecular formula is C13H17N5O4. The Hall–Kier alpha value is -2.39. The predicted molar refractivity (Wildman–Crippen MR) is 79.7 cm³/mol. The molecule has 3 rings (SSSR count). The number of imidazole rings is 1. The third-order valence-electron chi connectivity index (χ3n) is 3.77. The number of anilines is 1. The standard InChI is InChI=1S/C13H17N5O4/c1-2-3-17-9-10(15-12(14)16-11(9)20)18(13(17)21)7-4-8(5-19)22-6-7/h2,7-8,19H,1,3-6H2,(H3,14,15,16,20)/t7-,8-/m1/s1. The lowest BCUT2D eigenvalue weighted by atomic mass is 10.2. The fraction of sp³-hybridized carbons (Fsp3) is 0.462. The molecule has 1 aliphatic rings. The van der Waals surface area contributed by atoms with Crippen LogP contribution in [0.15, 0.2) is 22.2 Å². The number of hydrogen-bond donors (Lipinski definition) is 3. The van der Waals surface area contributed by atoms with Gasteiger partial charge in [0.05, 0.1) is 25.4 Å². The number of aliphatic hydroxyl groups excluding tert-OH is 1. The lowest BCUT2D eigenvalue weighted by Crippen LogP contribution is -2.28. The average molecular weight is 307 g/mol. The molecule has 0 saturated carbocycles. The molecule has 0 spiro atoms. The van der Waals surface area contributed by atoms with Crippen molar-refractivity contribution in [2.24, 2.45) is 0 Å². The molecule has 1 fully saturated rings. The zero-order valence-corrected chi connectivity index (χ0v) is 11.9. The smallest absolute Gasteiger partial charge is 0.331 e. The zero-order chi connectivity index (χ0) is 15.9. The first-order chi connectivity index (χ1) is 10.6. The number of nitrogen functional groups attached to an aromatic ring is 1. The second-order valence-electron chi connectivity index (χ2n) is 5.20. The minimum Gasteiger partial charge on any atom is -0.394 e. The molecule has 118 valence electrons. The van der Waals surface area contributed by atoms with Gasteiger partial charge in [0.15, 0.2) is 11.2 Å². The lowest BCUT2D eigenvalue weighted by Gasteiger charge is -2.09. The van der Waals surface area contributed by atoms with Crippen molar-refractivity contribution in [2.75, 3.05) is 18.9 Å². The maximum absolute atomic E-state index is 12.7. The number of nitrogens with zero attached hydrogens (tertiary/aromatic N) is 3. The summed E-state index contributed by atoms with van der Waals surface area (Å²) in [4.78, 5) is 31.3. The van der Waals surface area contributed by atoms with Crippen molar-refractivity contribution in [1.82, 2.24) is 19.1 Å². The highest BCUT2D eigenvalue weighted by atomic mass is 16.5. The lowest BCUT2D eigenvalue weighted by molar-refractivity contribution is 0.0575. The summed E-state index contributed by atoms with van der Waals surface area (Å²) in [5.74, 6) is -0.0559. The number of nitrogens with one attached hydrogen (secondary N) is 1. The summed E-state index contributed by atoms with van der Waals surface area (Å²) in [6, 6.07) is -0.299. The largest absolute Gasteiger partial charge is 0.394 e. The Bertz CT molecular complexity index is 833. The Labute approximate surface area is 124 Å². The van der Waals surface area contributed by atoms with Crippen molar-refractivity contribution < 1.29 is 9.84 Å². The molecule has 4 N–H and O–H groups in total. The predicted octanol–water partition coefficient (Wildman–Crippen LogP) is -1.02. The topological polar surface area (TPSA) is 128 Å². The van der Waals surface area contributed by atoms with Crippen LogP contribution in [0.3, 0.4) is 0 Å². The maximum atomic E-state index is 12.7. The van der Waals surface area contributed by atoms with Gasteiger partial charge in [-0.25, -0.2) is 4.79 Å². The molecule has 2 aromatic rings. The molecule has 1 aliphatic heterocycles. The van der Waals surface area contributed by atoms with E-state index in [2.05, 4.69) is 16.5 Å². The van der Waals surface area contributed by atoms with Crippen LogP contribution in [-0.2, 0) is 11.3 Å². The van der Waals surface area contributed by atoms with E-state index in [1.807, 2.05) is 0 Å². The van der Waals surface area contributed by atoms with Crippen molar-refractivity contribution in [3.05, 3.63) is 33.5 Å². The number of aromatic amines is 1. The molecule has 0 radical (unpaired) electrons. The van der Waals surface area contributed by atoms with Gasteiger partial charge in [-0.05, 0) is 6.42 Å². The van der Waals surface area contributed by atoms with Gasteiger partial charge in [0.25, 0.3) is 5.56 Å². The van der Waals surface area contributed by atoms with Gasteiger partial charge in [0.2, 0.25) is 5.95 Å². The van der Waals surface area contributed by atoms with Crippen LogP contribution in [0, 0.1) is 0 Å². The van der Waals surface area contributed by atoms with Gasteiger partial charge in [-0.2, -0.15) is 4.98 Å². The number of rotatable bonds is 4. The second kappa shape index (κ2) is 5.43. The van der Waals surface area contributed by atoms with Crippen LogP contribution < -0.4 is 17.0 Å². The van der Waals surface area contributed by atoms with E-state index in [1.165, 1.54) is 15.2 Å². The highest BCUT2D eigenvalue weighted by Crippen LogP contribution is 2.25. The molecule has 9 nitrogen and oxygen atoms in total. The van der Waals surface area contributed by atoms with Crippen LogP contribution in [0.25, 0.3) is 11.2 Å². The monoisotopic (exact) mass is 307 g/mol. The van der Waals surface area contributed by atoms with Gasteiger partial charge in [0, 0.05) is 6.54 Å². The molecule has 2 aromatic heterocycles. The number of ether oxygens (including phenoxy) is 1. The van der Waals surface area contributed by atoms with Gasteiger partial charge in [-0.3, -0.25) is 18.9 Å². The summed E-state index contributed by atoms with van der Waals surface area (Å²) in [6.07, 6.45) is 1.68. The van der Waals surface area contributed by atoms with E-state index in [4.69, 9.17) is 15.6 Å². The summed E-state index contributed by atoms with van der Waals surface area (Å²) in [7, 11) is 0. The summed E-state index contributed by atoms with van der Waals surface area (Å²) in [5, 5.41) is 9.17. The number of allylic oxidation sites excluding steroid dienone is 1. The number of aromatic nitrogens is 4. The molecule has 9 heteroatoms. The molecule has 0 aliphatic carbocycles. The average Bonchev–Trinajstić information content (AvgIpc) is 3.03. The van der Waals surface area contributed by atoms with E-state index in [9.17, 15) is 9.59 Å². The summed E-state index contributed by atoms with van der Waals surface area (Å²) in [6.45, 7) is 3.94. The van der Waals surface area contributed by atoms with Gasteiger partial charge < -0.3 is 15.6 Å². The van der Waals surface area contributed by atoms with Crippen molar-refractivity contribution in [3.63, 3.8) is 0 Å². The van der Waals surface area contributed by atoms with Crippen LogP contribution in [0.5, 0.6) is 0 Å². The maximum Gasteiger partial charge on any atom is 0.331 e. The second-order valence-corrected chi connectivity index (χ2v) is 5.20. The fourth-order valence-corrected chi connectivity index (χ4v) is 2.82. The summed E-state index contributed by atoms with van der Waals surface area (Å²) in [5.41, 5.74) is 5.13. The molecule has 22 heavy (non-hydrogen) atoms. The molecule has 1 saturated heterocycles. The number of fused-ring (bicyclic) bond motifs is 1. The van der Waals surface area contributed by atoms with E-state index in [1.54, 1.807) is 0 Å². The van der Waals surface area contributed by atoms with Gasteiger partial charge in [-0.1, -0.05) is 6.08 Å². The van der Waals surface area contributed by atoms with Crippen molar-refractivity contribution in [1.29, 1.82) is 0 Å². The Morgan fingerprint density at radius 1 is 1.55 bits per heavy atom. The number of hydrogen-bond acceptors (Lipinski definition) is 6. The van der Waals surface area contributed by atoms with E-state index < -0.39 is 5.56 Å². The highest BCUT2D eigenvalue weighted by Gasteiger charge is 2.31. The summed E-state index contributed by atoms with van der Waals surface area (Å²) >= 11 is 0. The zero-order valence-electron chi connectivity index (χ0n) is 11.9. The van der Waals surface area contributed by atoms with Crippen LogP contribution >= 0.6 is 0 Å². The van der Waals surface area contributed by atoms with E-state index in [0.29, 0.717) is 6.42 Å². The highest BCUT2D eigenvalue weighted by molar-refractivity contribution is 5.71. The molecule has 3 heterocycles. The van der Waals surface area contributed by atoms with Crippen LogP contribution in [-0.4, -0.2) is 43.5 Å². The van der Waals surface area contributed by atoms with Crippen molar-refractivity contribution in [3.8, 4) is 0 Å². The molecule has 2 atom stereocenters. The Balaban J connectivity index is 2.26. The van der Waals surface area contributed by atoms with E-state index in [0.717, 1.165) is 0 Å². The van der Waals surface area contributed by atoms with Gasteiger partial charge in [0.1, 0.15) is 0 Å². The van der Waals surface area contributed by atoms with Gasteiger partial charge in [-0.15, -0.1) is 6.58 Å². The molecule has 0 aromatic carbocycles. The van der Waals surface area contributed by atoms with Crippen molar-refractivity contribution in [2.45, 2.75) is 25.1 Å². The van der Waals surface area contributed by atoms with E-state index >= 15 is 0 Å². The SMILES string of the molecule is C=CCn1c(=O)n([C@H]2CO[C@@H](CO)C2)c2nc(N)[nH]c(=O)c21. The third-order valence-corrected chi connectivity index (χ3v) is 3.77. The molecule has 0 unspecified atom stereocenters. The van der Waals surface area contributed by atoms with E-state index in [-0.39, 0.29) is 54.7 Å². The minimum atomic E-state index is -0.474. The Kier molecular flexibility index (Phi) is 3.59. The Morgan fingerprint density at radius 2 is 2.32 bits per heavy atom. The molecule has 0 bridgehead atoms. The first kappa shape index (κ1) is 14.5. The van der Waals surface area contributed by atoms with Gasteiger partial charge >= 0.3 is 5.69 Å². The summed E-state index contributed by atoms with van der Waals surface area (Å²) < 4.78 is 8.14. The number of aliphatic hydroxyl groups is 1. The number of nitrogens with two attached hydrogens (primary N) is 1.